The summed E-state index contributed by atoms with van der Waals surface area (Å²) in [7, 11) is -2.15. The monoisotopic (exact) mass is 302 g/mol. The number of ether oxygens (including phenoxy) is 1. The molecule has 1 aromatic rings. The first-order valence-corrected chi connectivity index (χ1v) is 7.92. The summed E-state index contributed by atoms with van der Waals surface area (Å²) >= 11 is 0. The minimum absolute atomic E-state index is 0.0718. The highest BCUT2D eigenvalue weighted by atomic mass is 32.2. The van der Waals surface area contributed by atoms with Gasteiger partial charge in [0, 0.05) is 24.4 Å². The van der Waals surface area contributed by atoms with Gasteiger partial charge in [-0.3, -0.25) is 0 Å². The molecule has 0 radical (unpaired) electrons. The van der Waals surface area contributed by atoms with Crippen LogP contribution in [0.1, 0.15) is 24.8 Å². The number of nitrogens with two attached hydrogens (primary N) is 1. The van der Waals surface area contributed by atoms with Crippen LogP contribution in [0.15, 0.2) is 17.0 Å². The molecule has 1 aliphatic rings. The van der Waals surface area contributed by atoms with Crippen LogP contribution < -0.4 is 10.5 Å². The number of nitrogen functional groups attached to an aromatic ring is 1. The lowest BCUT2D eigenvalue weighted by molar-refractivity contribution is 0.107. The van der Waals surface area contributed by atoms with Gasteiger partial charge in [0.15, 0.2) is 0 Å². The predicted molar refractivity (Wildman–Crippen MR) is 74.3 cm³/mol. The summed E-state index contributed by atoms with van der Waals surface area (Å²) in [4.78, 5) is -0.140. The third kappa shape index (κ3) is 3.11. The van der Waals surface area contributed by atoms with E-state index in [1.165, 1.54) is 13.0 Å². The first-order valence-electron chi connectivity index (χ1n) is 6.44. The number of anilines is 1. The van der Waals surface area contributed by atoms with Crippen molar-refractivity contribution in [2.75, 3.05) is 12.8 Å². The van der Waals surface area contributed by atoms with Gasteiger partial charge < -0.3 is 10.5 Å². The minimum Gasteiger partial charge on any atom is -0.398 e. The quantitative estimate of drug-likeness (QED) is 0.827. The molecule has 0 heterocycles. The molecule has 3 N–H and O–H groups in total. The SMILES string of the molecule is COC1CCC(NS(=O)(=O)c2cc(N)c(C)c(F)c2)C1. The highest BCUT2D eigenvalue weighted by Gasteiger charge is 2.29. The van der Waals surface area contributed by atoms with E-state index >= 15 is 0 Å². The summed E-state index contributed by atoms with van der Waals surface area (Å²) in [5, 5.41) is 0. The second-order valence-electron chi connectivity index (χ2n) is 5.11. The van der Waals surface area contributed by atoms with Crippen molar-refractivity contribution < 1.29 is 17.5 Å². The van der Waals surface area contributed by atoms with Crippen LogP contribution in [-0.2, 0) is 14.8 Å². The highest BCUT2D eigenvalue weighted by Crippen LogP contribution is 2.25. The maximum Gasteiger partial charge on any atom is 0.240 e. The summed E-state index contributed by atoms with van der Waals surface area (Å²) in [6.07, 6.45) is 2.22. The third-order valence-corrected chi connectivity index (χ3v) is 5.21. The molecule has 1 aromatic carbocycles. The molecule has 112 valence electrons. The molecule has 0 aliphatic heterocycles. The molecule has 0 saturated heterocycles. The van der Waals surface area contributed by atoms with Gasteiger partial charge in [0.25, 0.3) is 0 Å². The van der Waals surface area contributed by atoms with Crippen LogP contribution in [0.5, 0.6) is 0 Å². The standard InChI is InChI=1S/C13H19FN2O3S/c1-8-12(14)6-11(7-13(8)15)20(17,18)16-9-3-4-10(5-9)19-2/h6-7,9-10,16H,3-5,15H2,1-2H3. The Balaban J connectivity index is 2.19. The molecule has 20 heavy (non-hydrogen) atoms. The van der Waals surface area contributed by atoms with Crippen molar-refractivity contribution in [3.05, 3.63) is 23.5 Å². The van der Waals surface area contributed by atoms with Crippen molar-refractivity contribution >= 4 is 15.7 Å². The normalized spacial score (nSPS) is 23.1. The first kappa shape index (κ1) is 15.2. The predicted octanol–water partition coefficient (Wildman–Crippen LogP) is 1.56. The van der Waals surface area contributed by atoms with Gasteiger partial charge in [-0.15, -0.1) is 0 Å². The Morgan fingerprint density at radius 3 is 2.65 bits per heavy atom. The maximum atomic E-state index is 13.6. The molecule has 7 heteroatoms. The fourth-order valence-corrected chi connectivity index (χ4v) is 3.71. The molecule has 0 bridgehead atoms. The fraction of sp³-hybridized carbons (Fsp3) is 0.538. The summed E-state index contributed by atoms with van der Waals surface area (Å²) in [6, 6.07) is 2.09. The Morgan fingerprint density at radius 1 is 1.40 bits per heavy atom. The van der Waals surface area contributed by atoms with Crippen LogP contribution >= 0.6 is 0 Å². The second-order valence-corrected chi connectivity index (χ2v) is 6.82. The van der Waals surface area contributed by atoms with E-state index in [4.69, 9.17) is 10.5 Å². The largest absolute Gasteiger partial charge is 0.398 e. The Hall–Kier alpha value is -1.18. The fourth-order valence-electron chi connectivity index (χ4n) is 2.38. The van der Waals surface area contributed by atoms with Gasteiger partial charge in [-0.05, 0) is 38.3 Å². The van der Waals surface area contributed by atoms with E-state index in [0.29, 0.717) is 12.8 Å². The van der Waals surface area contributed by atoms with Gasteiger partial charge in [-0.1, -0.05) is 0 Å². The molecule has 1 fully saturated rings. The molecule has 0 aromatic heterocycles. The molecule has 2 rings (SSSR count). The summed E-state index contributed by atoms with van der Waals surface area (Å²) < 4.78 is 45.8. The van der Waals surface area contributed by atoms with Crippen LogP contribution in [-0.4, -0.2) is 27.7 Å². The van der Waals surface area contributed by atoms with E-state index in [1.807, 2.05) is 0 Å². The van der Waals surface area contributed by atoms with Crippen molar-refractivity contribution in [1.29, 1.82) is 0 Å². The lowest BCUT2D eigenvalue weighted by Crippen LogP contribution is -2.33. The van der Waals surface area contributed by atoms with Crippen LogP contribution in [0.25, 0.3) is 0 Å². The van der Waals surface area contributed by atoms with E-state index in [1.54, 1.807) is 7.11 Å². The first-order chi connectivity index (χ1) is 9.33. The molecular weight excluding hydrogens is 283 g/mol. The summed E-state index contributed by atoms with van der Waals surface area (Å²) in [6.45, 7) is 1.51. The zero-order chi connectivity index (χ0) is 14.9. The molecule has 1 aliphatic carbocycles. The second kappa shape index (κ2) is 5.67. The van der Waals surface area contributed by atoms with Crippen LogP contribution in [0.2, 0.25) is 0 Å². The summed E-state index contributed by atoms with van der Waals surface area (Å²) in [5.41, 5.74) is 6.00. The lowest BCUT2D eigenvalue weighted by Gasteiger charge is -2.14. The van der Waals surface area contributed by atoms with Crippen LogP contribution in [0, 0.1) is 12.7 Å². The number of hydrogen-bond acceptors (Lipinski definition) is 4. The topological polar surface area (TPSA) is 81.4 Å². The molecule has 1 saturated carbocycles. The average molecular weight is 302 g/mol. The number of hydrogen-bond donors (Lipinski definition) is 2. The number of methoxy groups -OCH3 is 1. The Morgan fingerprint density at radius 2 is 2.10 bits per heavy atom. The highest BCUT2D eigenvalue weighted by molar-refractivity contribution is 7.89. The number of benzene rings is 1. The van der Waals surface area contributed by atoms with Gasteiger partial charge >= 0.3 is 0 Å². The van der Waals surface area contributed by atoms with Gasteiger partial charge in [0.05, 0.1) is 11.0 Å². The third-order valence-electron chi connectivity index (χ3n) is 3.71. The van der Waals surface area contributed by atoms with Crippen molar-refractivity contribution in [3.63, 3.8) is 0 Å². The van der Waals surface area contributed by atoms with E-state index in [2.05, 4.69) is 4.72 Å². The Kier molecular flexibility index (Phi) is 4.31. The smallest absolute Gasteiger partial charge is 0.240 e. The van der Waals surface area contributed by atoms with Crippen molar-refractivity contribution in [3.8, 4) is 0 Å². The maximum absolute atomic E-state index is 13.6. The van der Waals surface area contributed by atoms with Gasteiger partial charge in [-0.2, -0.15) is 0 Å². The van der Waals surface area contributed by atoms with E-state index in [0.717, 1.165) is 12.5 Å². The van der Waals surface area contributed by atoms with Gasteiger partial charge in [0.1, 0.15) is 5.82 Å². The van der Waals surface area contributed by atoms with Crippen LogP contribution in [0.3, 0.4) is 0 Å². The number of rotatable bonds is 4. The zero-order valence-corrected chi connectivity index (χ0v) is 12.3. The summed E-state index contributed by atoms with van der Waals surface area (Å²) in [5.74, 6) is -0.619. The molecule has 0 spiro atoms. The number of nitrogens with one attached hydrogen (secondary N) is 1. The minimum atomic E-state index is -3.76. The number of sulfonamides is 1. The molecule has 2 atom stereocenters. The van der Waals surface area contributed by atoms with Gasteiger partial charge in [-0.25, -0.2) is 17.5 Å². The van der Waals surface area contributed by atoms with Crippen molar-refractivity contribution in [2.45, 2.75) is 43.2 Å². The van der Waals surface area contributed by atoms with E-state index in [9.17, 15) is 12.8 Å². The Labute approximate surface area is 118 Å². The van der Waals surface area contributed by atoms with E-state index < -0.39 is 15.8 Å². The lowest BCUT2D eigenvalue weighted by atomic mass is 10.2. The van der Waals surface area contributed by atoms with Crippen LogP contribution in [0.4, 0.5) is 10.1 Å². The van der Waals surface area contributed by atoms with Crippen molar-refractivity contribution in [2.24, 2.45) is 0 Å². The molecular formula is C13H19FN2O3S. The van der Waals surface area contributed by atoms with Crippen molar-refractivity contribution in [1.82, 2.24) is 4.72 Å². The van der Waals surface area contributed by atoms with E-state index in [-0.39, 0.29) is 28.3 Å². The molecule has 2 unspecified atom stereocenters. The average Bonchev–Trinajstić information content (AvgIpc) is 2.82. The number of halogens is 1. The Bertz CT molecular complexity index is 581. The molecule has 5 nitrogen and oxygen atoms in total. The molecule has 0 amide bonds. The van der Waals surface area contributed by atoms with Gasteiger partial charge in [0.2, 0.25) is 10.0 Å². The zero-order valence-electron chi connectivity index (χ0n) is 11.5.